The van der Waals surface area contributed by atoms with Crippen molar-refractivity contribution in [1.82, 2.24) is 15.4 Å². The van der Waals surface area contributed by atoms with Crippen LogP contribution in [0.4, 0.5) is 5.13 Å². The van der Waals surface area contributed by atoms with Gasteiger partial charge in [-0.15, -0.1) is 34.9 Å². The van der Waals surface area contributed by atoms with Crippen molar-refractivity contribution in [1.29, 1.82) is 0 Å². The molecule has 190 valence electrons. The fourth-order valence-corrected chi connectivity index (χ4v) is 6.23. The molecule has 3 N–H and O–H groups in total. The monoisotopic (exact) mass is 550 g/mol. The summed E-state index contributed by atoms with van der Waals surface area (Å²) < 4.78 is 1.93. The molecule has 2 amide bonds. The fraction of sp³-hybridized carbons (Fsp3) is 0.333. The van der Waals surface area contributed by atoms with Gasteiger partial charge < -0.3 is 15.4 Å². The molecule has 36 heavy (non-hydrogen) atoms. The summed E-state index contributed by atoms with van der Waals surface area (Å²) in [6, 6.07) is 3.94. The molecule has 12 nitrogen and oxygen atoms in total. The molecule has 2 aromatic heterocycles. The van der Waals surface area contributed by atoms with Gasteiger partial charge in [0.15, 0.2) is 10.8 Å². The lowest BCUT2D eigenvalue weighted by Gasteiger charge is -2.44. The molecule has 0 radical (unpaired) electrons. The quantitative estimate of drug-likeness (QED) is 0.157. The molecular formula is C21H24N7O5S3+. The van der Waals surface area contributed by atoms with Crippen LogP contribution in [0.2, 0.25) is 0 Å². The SMILES string of the molecule is CO/N=C(\C(=O)NOC(=O)C1=C(CSc2cc[n+](N(C)C)cc2)CS[C@H]2CC(=O)N12)c1csc(N)n1. The number of aromatic nitrogens is 2. The normalized spacial score (nSPS) is 17.3. The number of nitrogens with one attached hydrogen (secondary N) is 1. The summed E-state index contributed by atoms with van der Waals surface area (Å²) in [4.78, 5) is 54.3. The van der Waals surface area contributed by atoms with Crippen molar-refractivity contribution in [2.24, 2.45) is 5.16 Å². The molecule has 0 aromatic carbocycles. The topological polar surface area (TPSA) is 143 Å². The zero-order chi connectivity index (χ0) is 25.8. The van der Waals surface area contributed by atoms with Gasteiger partial charge in [-0.2, -0.15) is 10.5 Å². The number of amides is 2. The summed E-state index contributed by atoms with van der Waals surface area (Å²) in [5, 5.41) is 7.23. The smallest absolute Gasteiger partial charge is 0.379 e. The number of thioether (sulfide) groups is 2. The Balaban J connectivity index is 1.48. The number of nitrogens with two attached hydrogens (primary N) is 1. The summed E-state index contributed by atoms with van der Waals surface area (Å²) in [5.41, 5.74) is 8.59. The van der Waals surface area contributed by atoms with E-state index >= 15 is 0 Å². The number of oxime groups is 1. The minimum atomic E-state index is -0.845. The summed E-state index contributed by atoms with van der Waals surface area (Å²) in [7, 11) is 5.14. The van der Waals surface area contributed by atoms with E-state index in [9.17, 15) is 14.4 Å². The molecule has 0 saturated carbocycles. The van der Waals surface area contributed by atoms with Gasteiger partial charge >= 0.3 is 11.9 Å². The van der Waals surface area contributed by atoms with E-state index in [0.29, 0.717) is 17.9 Å². The van der Waals surface area contributed by atoms with Crippen molar-refractivity contribution in [2.75, 3.05) is 43.5 Å². The van der Waals surface area contributed by atoms with Gasteiger partial charge in [0.05, 0.1) is 25.9 Å². The lowest BCUT2D eigenvalue weighted by molar-refractivity contribution is -0.687. The molecule has 0 bridgehead atoms. The second-order valence-corrected chi connectivity index (χ2v) is 10.9. The van der Waals surface area contributed by atoms with Crippen LogP contribution < -0.4 is 20.9 Å². The maximum Gasteiger partial charge on any atom is 0.379 e. The molecule has 15 heteroatoms. The van der Waals surface area contributed by atoms with Crippen molar-refractivity contribution in [3.05, 3.63) is 46.9 Å². The van der Waals surface area contributed by atoms with Crippen LogP contribution in [0.5, 0.6) is 0 Å². The molecule has 2 aromatic rings. The number of anilines is 1. The highest BCUT2D eigenvalue weighted by Crippen LogP contribution is 2.41. The van der Waals surface area contributed by atoms with Crippen molar-refractivity contribution in [3.8, 4) is 0 Å². The largest absolute Gasteiger partial charge is 0.398 e. The van der Waals surface area contributed by atoms with E-state index in [1.54, 1.807) is 23.5 Å². The van der Waals surface area contributed by atoms with Gasteiger partial charge in [-0.25, -0.2) is 9.78 Å². The first kappa shape index (κ1) is 25.8. The van der Waals surface area contributed by atoms with Crippen LogP contribution in [0.3, 0.4) is 0 Å². The maximum atomic E-state index is 13.1. The number of carbonyl (C=O) groups is 3. The van der Waals surface area contributed by atoms with Crippen LogP contribution in [0.1, 0.15) is 12.1 Å². The Morgan fingerprint density at radius 2 is 2.14 bits per heavy atom. The van der Waals surface area contributed by atoms with Gasteiger partial charge in [0, 0.05) is 33.9 Å². The van der Waals surface area contributed by atoms with Crippen LogP contribution in [-0.4, -0.2) is 71.5 Å². The Bertz CT molecular complexity index is 1230. The number of β-lactam (4-membered cyclic amide) rings is 1. The standard InChI is InChI=1S/C21H23N7O5S3/c1-26(2)27-6-4-13(5-7-27)34-9-12-10-35-16-8-15(29)28(16)18(12)20(31)33-25-19(30)17(24-32-3)14-11-36-21(22)23-14/h4-7,11,16H,8-10H2,1-3H3,(H2-,22,23,25,30)/p+1/b24-17-/t16-/m0/s1. The number of nitrogens with zero attached hydrogens (tertiary/aromatic N) is 5. The lowest BCUT2D eigenvalue weighted by atomic mass is 10.1. The first-order valence-electron chi connectivity index (χ1n) is 10.6. The van der Waals surface area contributed by atoms with Crippen LogP contribution in [0.15, 0.2) is 51.2 Å². The highest BCUT2D eigenvalue weighted by Gasteiger charge is 2.46. The first-order chi connectivity index (χ1) is 17.3. The summed E-state index contributed by atoms with van der Waals surface area (Å²) in [6.45, 7) is 0. The van der Waals surface area contributed by atoms with Crippen LogP contribution in [0, 0.1) is 0 Å². The molecule has 1 saturated heterocycles. The molecule has 0 unspecified atom stereocenters. The van der Waals surface area contributed by atoms with Crippen molar-refractivity contribution >= 4 is 63.5 Å². The highest BCUT2D eigenvalue weighted by molar-refractivity contribution is 8.01. The second kappa shape index (κ2) is 11.2. The first-order valence-corrected chi connectivity index (χ1v) is 13.5. The number of hydrogen-bond acceptors (Lipinski definition) is 12. The summed E-state index contributed by atoms with van der Waals surface area (Å²) in [5.74, 6) is -0.798. The van der Waals surface area contributed by atoms with E-state index in [0.717, 1.165) is 21.8 Å². The molecule has 4 rings (SSSR count). The number of carbonyl (C=O) groups excluding carboxylic acids is 3. The molecule has 4 heterocycles. The van der Waals surface area contributed by atoms with E-state index in [2.05, 4.69) is 15.6 Å². The molecule has 1 fully saturated rings. The Hall–Kier alpha value is -3.30. The predicted octanol–water partition coefficient (Wildman–Crippen LogP) is 0.487. The predicted molar refractivity (Wildman–Crippen MR) is 136 cm³/mol. The third-order valence-corrected chi connectivity index (χ3v) is 8.23. The van der Waals surface area contributed by atoms with E-state index in [-0.39, 0.29) is 33.5 Å². The number of thiazole rings is 1. The summed E-state index contributed by atoms with van der Waals surface area (Å²) >= 11 is 4.26. The molecule has 1 atom stereocenters. The van der Waals surface area contributed by atoms with E-state index in [4.69, 9.17) is 15.4 Å². The van der Waals surface area contributed by atoms with E-state index < -0.39 is 11.9 Å². The van der Waals surface area contributed by atoms with Crippen molar-refractivity contribution in [3.63, 3.8) is 0 Å². The van der Waals surface area contributed by atoms with Crippen LogP contribution in [-0.2, 0) is 24.1 Å². The van der Waals surface area contributed by atoms with Gasteiger partial charge in [0.25, 0.3) is 0 Å². The maximum absolute atomic E-state index is 13.1. The Labute approximate surface area is 219 Å². The zero-order valence-electron chi connectivity index (χ0n) is 19.7. The van der Waals surface area contributed by atoms with Gasteiger partial charge in [-0.3, -0.25) is 14.5 Å². The number of nitrogen functional groups attached to an aromatic ring is 1. The summed E-state index contributed by atoms with van der Waals surface area (Å²) in [6.07, 6.45) is 4.22. The molecule has 0 spiro atoms. The van der Waals surface area contributed by atoms with Gasteiger partial charge in [0.2, 0.25) is 18.3 Å². The third kappa shape index (κ3) is 5.57. The lowest BCUT2D eigenvalue weighted by Crippen LogP contribution is -2.54. The zero-order valence-corrected chi connectivity index (χ0v) is 22.1. The Kier molecular flexibility index (Phi) is 8.01. The Morgan fingerprint density at radius 3 is 2.75 bits per heavy atom. The minimum Gasteiger partial charge on any atom is -0.398 e. The third-order valence-electron chi connectivity index (χ3n) is 5.18. The molecule has 0 aliphatic carbocycles. The minimum absolute atomic E-state index is 0.121. The van der Waals surface area contributed by atoms with Crippen molar-refractivity contribution < 1.29 is 28.7 Å². The average Bonchev–Trinajstić information content (AvgIpc) is 3.29. The number of fused-ring (bicyclic) bond motifs is 1. The van der Waals surface area contributed by atoms with E-state index in [1.165, 1.54) is 17.4 Å². The van der Waals surface area contributed by atoms with Crippen molar-refractivity contribution in [2.45, 2.75) is 16.7 Å². The van der Waals surface area contributed by atoms with Gasteiger partial charge in [0.1, 0.15) is 18.5 Å². The van der Waals surface area contributed by atoms with Gasteiger partial charge in [-0.1, -0.05) is 9.83 Å². The molecule has 2 aliphatic heterocycles. The number of rotatable bonds is 8. The van der Waals surface area contributed by atoms with Crippen LogP contribution in [0.25, 0.3) is 0 Å². The van der Waals surface area contributed by atoms with Gasteiger partial charge in [-0.05, 0) is 5.57 Å². The number of hydrogen-bond donors (Lipinski definition) is 2. The number of pyridine rings is 1. The average molecular weight is 551 g/mol. The molecule has 2 aliphatic rings. The van der Waals surface area contributed by atoms with E-state index in [1.807, 2.05) is 48.3 Å². The fourth-order valence-electron chi connectivity index (χ4n) is 3.40. The Morgan fingerprint density at radius 1 is 1.39 bits per heavy atom. The molecular weight excluding hydrogens is 526 g/mol. The number of hydroxylamine groups is 1. The second-order valence-electron chi connectivity index (χ2n) is 7.75. The highest BCUT2D eigenvalue weighted by atomic mass is 32.2. The van der Waals surface area contributed by atoms with Crippen LogP contribution >= 0.6 is 34.9 Å².